The van der Waals surface area contributed by atoms with E-state index in [1.165, 1.54) is 6.20 Å². The van der Waals surface area contributed by atoms with Crippen LogP contribution in [0.5, 0.6) is 0 Å². The molecular weight excluding hydrogens is 270 g/mol. The lowest BCUT2D eigenvalue weighted by Gasteiger charge is -2.04. The van der Waals surface area contributed by atoms with Crippen LogP contribution in [0.15, 0.2) is 11.2 Å². The van der Waals surface area contributed by atoms with Crippen molar-refractivity contribution in [2.24, 2.45) is 0 Å². The van der Waals surface area contributed by atoms with Gasteiger partial charge in [-0.25, -0.2) is 18.1 Å². The van der Waals surface area contributed by atoms with E-state index in [4.69, 9.17) is 5.11 Å². The molecule has 0 aliphatic heterocycles. The van der Waals surface area contributed by atoms with Crippen LogP contribution >= 0.6 is 0 Å². The van der Waals surface area contributed by atoms with Crippen LogP contribution in [-0.2, 0) is 21.2 Å². The second kappa shape index (κ2) is 7.25. The van der Waals surface area contributed by atoms with Crippen LogP contribution in [-0.4, -0.2) is 36.0 Å². The Hall–Kier alpha value is -1.41. The van der Waals surface area contributed by atoms with Gasteiger partial charge >= 0.3 is 5.97 Å². The van der Waals surface area contributed by atoms with Crippen molar-refractivity contribution < 1.29 is 18.3 Å². The molecular formula is C11H19N3O4S. The third kappa shape index (κ3) is 5.39. The van der Waals surface area contributed by atoms with Crippen LogP contribution in [0.4, 0.5) is 0 Å². The number of hydrogen-bond donors (Lipinski definition) is 3. The average molecular weight is 289 g/mol. The molecule has 1 rings (SSSR count). The highest BCUT2D eigenvalue weighted by molar-refractivity contribution is 7.89. The molecule has 0 fully saturated rings. The molecule has 0 amide bonds. The number of aliphatic carboxylic acids is 1. The van der Waals surface area contributed by atoms with Crippen molar-refractivity contribution in [1.82, 2.24) is 14.7 Å². The summed E-state index contributed by atoms with van der Waals surface area (Å²) in [6.07, 6.45) is 3.91. The maximum atomic E-state index is 11.8. The maximum absolute atomic E-state index is 11.8. The van der Waals surface area contributed by atoms with E-state index in [0.717, 1.165) is 0 Å². The number of carbonyl (C=O) groups is 1. The third-order valence-corrected chi connectivity index (χ3v) is 3.96. The number of imidazole rings is 1. The first kappa shape index (κ1) is 15.6. The summed E-state index contributed by atoms with van der Waals surface area (Å²) in [6, 6.07) is 0. The monoisotopic (exact) mass is 289 g/mol. The summed E-state index contributed by atoms with van der Waals surface area (Å²) in [5.41, 5.74) is 0. The van der Waals surface area contributed by atoms with Crippen LogP contribution in [0.25, 0.3) is 0 Å². The van der Waals surface area contributed by atoms with Crippen molar-refractivity contribution in [1.29, 1.82) is 0 Å². The first-order valence-corrected chi connectivity index (χ1v) is 7.69. The molecule has 1 aromatic rings. The van der Waals surface area contributed by atoms with Crippen LogP contribution in [0, 0.1) is 0 Å². The first-order chi connectivity index (χ1) is 8.95. The fourth-order valence-electron chi connectivity index (χ4n) is 1.52. The number of aromatic nitrogens is 2. The number of carboxylic acid groups (broad SMARTS) is 1. The van der Waals surface area contributed by atoms with Gasteiger partial charge in [0.15, 0.2) is 5.03 Å². The number of rotatable bonds is 9. The van der Waals surface area contributed by atoms with E-state index in [-0.39, 0.29) is 11.4 Å². The first-order valence-electron chi connectivity index (χ1n) is 6.21. The number of unbranched alkanes of at least 4 members (excludes halogenated alkanes) is 2. The fraction of sp³-hybridized carbons (Fsp3) is 0.636. The highest BCUT2D eigenvalue weighted by Gasteiger charge is 2.15. The minimum Gasteiger partial charge on any atom is -0.481 e. The minimum absolute atomic E-state index is 0.0647. The Morgan fingerprint density at radius 1 is 1.42 bits per heavy atom. The van der Waals surface area contributed by atoms with Crippen molar-refractivity contribution in [3.63, 3.8) is 0 Å². The zero-order chi connectivity index (χ0) is 14.3. The van der Waals surface area contributed by atoms with Crippen molar-refractivity contribution in [3.8, 4) is 0 Å². The summed E-state index contributed by atoms with van der Waals surface area (Å²) >= 11 is 0. The molecule has 0 atom stereocenters. The predicted molar refractivity (Wildman–Crippen MR) is 69.3 cm³/mol. The van der Waals surface area contributed by atoms with Crippen molar-refractivity contribution in [2.45, 2.75) is 44.1 Å². The molecule has 0 bridgehead atoms. The summed E-state index contributed by atoms with van der Waals surface area (Å²) in [7, 11) is -3.54. The number of nitrogens with zero attached hydrogens (tertiary/aromatic N) is 1. The molecule has 1 heterocycles. The molecule has 19 heavy (non-hydrogen) atoms. The van der Waals surface area contributed by atoms with Gasteiger partial charge in [0, 0.05) is 19.4 Å². The van der Waals surface area contributed by atoms with Gasteiger partial charge in [-0.15, -0.1) is 0 Å². The molecule has 3 N–H and O–H groups in total. The Kier molecular flexibility index (Phi) is 5.97. The Bertz CT molecular complexity index is 510. The predicted octanol–water partition coefficient (Wildman–Crippen LogP) is 0.895. The molecule has 108 valence electrons. The van der Waals surface area contributed by atoms with E-state index >= 15 is 0 Å². The molecule has 7 nitrogen and oxygen atoms in total. The number of aryl methyl sites for hydroxylation is 1. The number of sulfonamides is 1. The second-order valence-electron chi connectivity index (χ2n) is 4.15. The minimum atomic E-state index is -3.54. The van der Waals surface area contributed by atoms with Crippen molar-refractivity contribution in [2.75, 3.05) is 6.54 Å². The van der Waals surface area contributed by atoms with Gasteiger partial charge in [-0.2, -0.15) is 0 Å². The Labute approximate surface area is 112 Å². The van der Waals surface area contributed by atoms with Gasteiger partial charge in [-0.1, -0.05) is 13.3 Å². The summed E-state index contributed by atoms with van der Waals surface area (Å²) in [6.45, 7) is 2.17. The zero-order valence-corrected chi connectivity index (χ0v) is 11.7. The number of hydrogen-bond acceptors (Lipinski definition) is 4. The second-order valence-corrected chi connectivity index (χ2v) is 5.89. The Balaban J connectivity index is 2.33. The molecule has 0 aromatic carbocycles. The van der Waals surface area contributed by atoms with E-state index in [9.17, 15) is 13.2 Å². The SMILES string of the molecule is CCc1ncc(S(=O)(=O)NCCCCCC(=O)O)[nH]1. The summed E-state index contributed by atoms with van der Waals surface area (Å²) < 4.78 is 26.1. The lowest BCUT2D eigenvalue weighted by atomic mass is 10.2. The molecule has 0 saturated carbocycles. The normalized spacial score (nSPS) is 11.6. The molecule has 8 heteroatoms. The van der Waals surface area contributed by atoms with Gasteiger partial charge in [-0.3, -0.25) is 4.79 Å². The van der Waals surface area contributed by atoms with E-state index in [1.807, 2.05) is 6.92 Å². The Morgan fingerprint density at radius 3 is 2.74 bits per heavy atom. The summed E-state index contributed by atoms with van der Waals surface area (Å²) in [5.74, 6) is -0.202. The third-order valence-electron chi connectivity index (χ3n) is 2.59. The largest absolute Gasteiger partial charge is 0.481 e. The van der Waals surface area contributed by atoms with Gasteiger partial charge in [0.2, 0.25) is 0 Å². The molecule has 0 radical (unpaired) electrons. The lowest BCUT2D eigenvalue weighted by molar-refractivity contribution is -0.137. The molecule has 0 saturated heterocycles. The van der Waals surface area contributed by atoms with E-state index in [0.29, 0.717) is 38.1 Å². The fourth-order valence-corrected chi connectivity index (χ4v) is 2.53. The zero-order valence-electron chi connectivity index (χ0n) is 10.8. The number of H-pyrrole nitrogens is 1. The van der Waals surface area contributed by atoms with Gasteiger partial charge in [-0.05, 0) is 12.8 Å². The lowest BCUT2D eigenvalue weighted by Crippen LogP contribution is -2.25. The van der Waals surface area contributed by atoms with Crippen LogP contribution < -0.4 is 4.72 Å². The topological polar surface area (TPSA) is 112 Å². The Morgan fingerprint density at radius 2 is 2.16 bits per heavy atom. The van der Waals surface area contributed by atoms with Crippen LogP contribution in [0.1, 0.15) is 38.4 Å². The smallest absolute Gasteiger partial charge is 0.303 e. The molecule has 0 spiro atoms. The van der Waals surface area contributed by atoms with E-state index < -0.39 is 16.0 Å². The molecule has 0 aliphatic rings. The molecule has 0 unspecified atom stereocenters. The van der Waals surface area contributed by atoms with Crippen LogP contribution in [0.3, 0.4) is 0 Å². The van der Waals surface area contributed by atoms with Gasteiger partial charge in [0.1, 0.15) is 5.82 Å². The van der Waals surface area contributed by atoms with E-state index in [2.05, 4.69) is 14.7 Å². The number of carboxylic acids is 1. The average Bonchev–Trinajstić information content (AvgIpc) is 2.82. The maximum Gasteiger partial charge on any atom is 0.303 e. The summed E-state index contributed by atoms with van der Waals surface area (Å²) in [5, 5.41) is 8.52. The van der Waals surface area contributed by atoms with Gasteiger partial charge in [0.05, 0.1) is 6.20 Å². The summed E-state index contributed by atoms with van der Waals surface area (Å²) in [4.78, 5) is 17.0. The highest BCUT2D eigenvalue weighted by atomic mass is 32.2. The van der Waals surface area contributed by atoms with Crippen molar-refractivity contribution >= 4 is 16.0 Å². The standard InChI is InChI=1S/C11H19N3O4S/c1-2-9-12-8-10(14-9)19(17,18)13-7-5-3-4-6-11(15)16/h8,13H,2-7H2,1H3,(H,12,14)(H,15,16). The molecule has 0 aliphatic carbocycles. The van der Waals surface area contributed by atoms with Gasteiger partial charge < -0.3 is 10.1 Å². The number of aromatic amines is 1. The highest BCUT2D eigenvalue weighted by Crippen LogP contribution is 2.06. The van der Waals surface area contributed by atoms with Crippen molar-refractivity contribution in [3.05, 3.63) is 12.0 Å². The quantitative estimate of drug-likeness (QED) is 0.585. The number of nitrogens with one attached hydrogen (secondary N) is 2. The molecule has 1 aromatic heterocycles. The van der Waals surface area contributed by atoms with E-state index in [1.54, 1.807) is 0 Å². The van der Waals surface area contributed by atoms with Crippen LogP contribution in [0.2, 0.25) is 0 Å². The van der Waals surface area contributed by atoms with Gasteiger partial charge in [0.25, 0.3) is 10.0 Å².